The van der Waals surface area contributed by atoms with Gasteiger partial charge in [0.2, 0.25) is 5.91 Å². The lowest BCUT2D eigenvalue weighted by Crippen LogP contribution is -2.43. The summed E-state index contributed by atoms with van der Waals surface area (Å²) in [6.07, 6.45) is -3.72. The van der Waals surface area contributed by atoms with Crippen LogP contribution in [-0.2, 0) is 4.79 Å². The molecule has 0 aromatic carbocycles. The molecule has 2 rings (SSSR count). The van der Waals surface area contributed by atoms with E-state index in [1.54, 1.807) is 0 Å². The first-order valence-corrected chi connectivity index (χ1v) is 7.13. The van der Waals surface area contributed by atoms with Crippen molar-refractivity contribution in [1.29, 1.82) is 0 Å². The first kappa shape index (κ1) is 19.4. The zero-order chi connectivity index (χ0) is 15.7. The Hall–Kier alpha value is -0.630. The molecule has 9 heteroatoms. The highest BCUT2D eigenvalue weighted by Gasteiger charge is 2.43. The molecule has 1 amide bonds. The number of hydrogen-bond donors (Lipinski definition) is 2. The average Bonchev–Trinajstić information content (AvgIpc) is 2.76. The molecule has 130 valence electrons. The van der Waals surface area contributed by atoms with Gasteiger partial charge in [-0.25, -0.2) is 8.78 Å². The Morgan fingerprint density at radius 1 is 1.18 bits per heavy atom. The summed E-state index contributed by atoms with van der Waals surface area (Å²) in [5, 5.41) is 5.02. The lowest BCUT2D eigenvalue weighted by molar-refractivity contribution is -0.183. The van der Waals surface area contributed by atoms with Gasteiger partial charge in [0.1, 0.15) is 0 Å². The highest BCUT2D eigenvalue weighted by Crippen LogP contribution is 2.39. The van der Waals surface area contributed by atoms with E-state index >= 15 is 0 Å². The molecule has 0 aromatic heterocycles. The number of carbonyl (C=O) groups excluding carboxylic acids is 1. The van der Waals surface area contributed by atoms with Gasteiger partial charge in [-0.3, -0.25) is 10.1 Å². The SMILES string of the molecule is Cl.O=C(NCC1CCC(C(F)(F)F)CC1)C1CC(F)(F)CN1. The summed E-state index contributed by atoms with van der Waals surface area (Å²) < 4.78 is 63.4. The maximum Gasteiger partial charge on any atom is 0.391 e. The molecule has 2 aliphatic rings. The van der Waals surface area contributed by atoms with Gasteiger partial charge in [-0.05, 0) is 31.6 Å². The topological polar surface area (TPSA) is 41.1 Å². The van der Waals surface area contributed by atoms with Crippen molar-refractivity contribution in [3.8, 4) is 0 Å². The molecule has 1 heterocycles. The van der Waals surface area contributed by atoms with E-state index in [1.165, 1.54) is 0 Å². The van der Waals surface area contributed by atoms with Crippen LogP contribution in [-0.4, -0.2) is 37.1 Å². The smallest absolute Gasteiger partial charge is 0.354 e. The number of hydrogen-bond acceptors (Lipinski definition) is 2. The Morgan fingerprint density at radius 2 is 1.77 bits per heavy atom. The normalized spacial score (nSPS) is 31.4. The van der Waals surface area contributed by atoms with Crippen LogP contribution in [0.5, 0.6) is 0 Å². The molecule has 1 aliphatic heterocycles. The zero-order valence-corrected chi connectivity index (χ0v) is 12.7. The molecule has 1 unspecified atom stereocenters. The molecule has 0 bridgehead atoms. The summed E-state index contributed by atoms with van der Waals surface area (Å²) in [6, 6.07) is -0.911. The maximum absolute atomic E-state index is 13.0. The number of nitrogens with one attached hydrogen (secondary N) is 2. The quantitative estimate of drug-likeness (QED) is 0.768. The third-order valence-electron chi connectivity index (χ3n) is 4.30. The first-order chi connectivity index (χ1) is 9.67. The van der Waals surface area contributed by atoms with E-state index in [0.717, 1.165) is 0 Å². The number of carbonyl (C=O) groups is 1. The lowest BCUT2D eigenvalue weighted by atomic mass is 9.81. The number of alkyl halides is 5. The van der Waals surface area contributed by atoms with Crippen LogP contribution < -0.4 is 10.6 Å². The Kier molecular flexibility index (Phi) is 6.44. The van der Waals surface area contributed by atoms with Crippen LogP contribution in [0.25, 0.3) is 0 Å². The van der Waals surface area contributed by atoms with Crippen LogP contribution in [0.1, 0.15) is 32.1 Å². The van der Waals surface area contributed by atoms with Gasteiger partial charge in [-0.15, -0.1) is 12.4 Å². The molecule has 2 fully saturated rings. The molecule has 3 nitrogen and oxygen atoms in total. The third kappa shape index (κ3) is 5.22. The van der Waals surface area contributed by atoms with E-state index in [-0.39, 0.29) is 37.7 Å². The van der Waals surface area contributed by atoms with E-state index < -0.39 is 42.9 Å². The minimum absolute atomic E-state index is 0. The van der Waals surface area contributed by atoms with Crippen molar-refractivity contribution < 1.29 is 26.7 Å². The molecule has 2 N–H and O–H groups in total. The van der Waals surface area contributed by atoms with Crippen LogP contribution in [0.3, 0.4) is 0 Å². The fourth-order valence-corrected chi connectivity index (χ4v) is 2.96. The van der Waals surface area contributed by atoms with Crippen LogP contribution in [0.4, 0.5) is 22.0 Å². The second-order valence-electron chi connectivity index (χ2n) is 6.00. The molecule has 22 heavy (non-hydrogen) atoms. The van der Waals surface area contributed by atoms with E-state index in [1.807, 2.05) is 0 Å². The predicted molar refractivity (Wildman–Crippen MR) is 73.1 cm³/mol. The summed E-state index contributed by atoms with van der Waals surface area (Å²) in [5.74, 6) is -4.62. The second-order valence-corrected chi connectivity index (χ2v) is 6.00. The minimum atomic E-state index is -4.15. The maximum atomic E-state index is 13.0. The Morgan fingerprint density at radius 3 is 2.23 bits per heavy atom. The number of halogens is 6. The summed E-state index contributed by atoms with van der Waals surface area (Å²) in [7, 11) is 0. The minimum Gasteiger partial charge on any atom is -0.354 e. The monoisotopic (exact) mass is 350 g/mol. The molecule has 1 saturated carbocycles. The molecule has 1 saturated heterocycles. The van der Waals surface area contributed by atoms with Gasteiger partial charge in [0.25, 0.3) is 5.92 Å². The molecule has 1 atom stereocenters. The van der Waals surface area contributed by atoms with Crippen molar-refractivity contribution >= 4 is 18.3 Å². The summed E-state index contributed by atoms with van der Waals surface area (Å²) >= 11 is 0. The van der Waals surface area contributed by atoms with Gasteiger partial charge >= 0.3 is 6.18 Å². The van der Waals surface area contributed by atoms with Crippen LogP contribution in [0, 0.1) is 11.8 Å². The van der Waals surface area contributed by atoms with Crippen molar-refractivity contribution in [2.75, 3.05) is 13.1 Å². The van der Waals surface area contributed by atoms with Crippen LogP contribution >= 0.6 is 12.4 Å². The zero-order valence-electron chi connectivity index (χ0n) is 11.9. The highest BCUT2D eigenvalue weighted by molar-refractivity contribution is 5.85. The third-order valence-corrected chi connectivity index (χ3v) is 4.30. The summed E-state index contributed by atoms with van der Waals surface area (Å²) in [5.41, 5.74) is 0. The van der Waals surface area contributed by atoms with Crippen LogP contribution in [0.2, 0.25) is 0 Å². The first-order valence-electron chi connectivity index (χ1n) is 7.13. The molecule has 0 aromatic rings. The van der Waals surface area contributed by atoms with Crippen LogP contribution in [0.15, 0.2) is 0 Å². The molecular weight excluding hydrogens is 331 g/mol. The summed E-state index contributed by atoms with van der Waals surface area (Å²) in [4.78, 5) is 11.7. The molecule has 1 aliphatic carbocycles. The second kappa shape index (κ2) is 7.29. The van der Waals surface area contributed by atoms with Gasteiger partial charge < -0.3 is 5.32 Å². The fourth-order valence-electron chi connectivity index (χ4n) is 2.96. The molecular formula is C13H20ClF5N2O. The van der Waals surface area contributed by atoms with Gasteiger partial charge in [0, 0.05) is 13.0 Å². The van der Waals surface area contributed by atoms with Gasteiger partial charge in [-0.1, -0.05) is 0 Å². The van der Waals surface area contributed by atoms with E-state index in [4.69, 9.17) is 0 Å². The van der Waals surface area contributed by atoms with Gasteiger partial charge in [0.15, 0.2) is 0 Å². The van der Waals surface area contributed by atoms with E-state index in [0.29, 0.717) is 12.8 Å². The molecule has 0 spiro atoms. The van der Waals surface area contributed by atoms with Gasteiger partial charge in [-0.2, -0.15) is 13.2 Å². The Bertz CT molecular complexity index is 383. The average molecular weight is 351 g/mol. The van der Waals surface area contributed by atoms with Crippen molar-refractivity contribution in [1.82, 2.24) is 10.6 Å². The number of rotatable bonds is 3. The standard InChI is InChI=1S/C13H19F5N2O.ClH/c14-12(15)5-10(20-7-12)11(21)19-6-8-1-3-9(4-2-8)13(16,17)18;/h8-10,20H,1-7H2,(H,19,21);1H. The molecule has 0 radical (unpaired) electrons. The lowest BCUT2D eigenvalue weighted by Gasteiger charge is -2.30. The van der Waals surface area contributed by atoms with E-state index in [9.17, 15) is 26.7 Å². The van der Waals surface area contributed by atoms with E-state index in [2.05, 4.69) is 10.6 Å². The van der Waals surface area contributed by atoms with Gasteiger partial charge in [0.05, 0.1) is 18.5 Å². The summed E-state index contributed by atoms with van der Waals surface area (Å²) in [6.45, 7) is -0.255. The highest BCUT2D eigenvalue weighted by atomic mass is 35.5. The largest absolute Gasteiger partial charge is 0.391 e. The predicted octanol–water partition coefficient (Wildman–Crippen LogP) is 2.89. The van der Waals surface area contributed by atoms with Crippen molar-refractivity contribution in [3.63, 3.8) is 0 Å². The Balaban J connectivity index is 0.00000242. The van der Waals surface area contributed by atoms with Crippen molar-refractivity contribution in [2.45, 2.75) is 50.2 Å². The fraction of sp³-hybridized carbons (Fsp3) is 0.923. The van der Waals surface area contributed by atoms with Crippen molar-refractivity contribution in [3.05, 3.63) is 0 Å². The Labute approximate surface area is 131 Å². The van der Waals surface area contributed by atoms with Crippen molar-refractivity contribution in [2.24, 2.45) is 11.8 Å². The number of amides is 1.